The highest BCUT2D eigenvalue weighted by Gasteiger charge is 2.38. The molecule has 3 aromatic rings. The number of nitrogens with one attached hydrogen (secondary N) is 2. The maximum Gasteiger partial charge on any atom is 0.247 e. The molecule has 3 atom stereocenters. The van der Waals surface area contributed by atoms with Crippen LogP contribution >= 0.6 is 0 Å². The van der Waals surface area contributed by atoms with E-state index in [2.05, 4.69) is 15.8 Å². The second kappa shape index (κ2) is 11.1. The number of rotatable bonds is 8. The minimum atomic E-state index is -1.08. The molecular weight excluding hydrogens is 506 g/mol. The summed E-state index contributed by atoms with van der Waals surface area (Å²) in [5.74, 6) is -2.17. The Bertz CT molecular complexity index is 1370. The number of carbonyl (C=O) groups excluding carboxylic acids is 2. The number of anilines is 3. The molecule has 206 valence electrons. The normalized spacial score (nSPS) is 21.0. The van der Waals surface area contributed by atoms with Gasteiger partial charge in [-0.1, -0.05) is 11.2 Å². The predicted octanol–water partition coefficient (Wildman–Crippen LogP) is 5.74. The molecule has 2 N–H and O–H groups in total. The first kappa shape index (κ1) is 26.8. The van der Waals surface area contributed by atoms with Gasteiger partial charge in [0.15, 0.2) is 11.6 Å². The van der Waals surface area contributed by atoms with Gasteiger partial charge in [-0.25, -0.2) is 8.78 Å². The quantitative estimate of drug-likeness (QED) is 0.380. The zero-order valence-corrected chi connectivity index (χ0v) is 22.2. The molecule has 1 saturated carbocycles. The van der Waals surface area contributed by atoms with Gasteiger partial charge in [0.2, 0.25) is 11.8 Å². The second-order valence-electron chi connectivity index (χ2n) is 10.1. The van der Waals surface area contributed by atoms with Gasteiger partial charge in [-0.15, -0.1) is 0 Å². The lowest BCUT2D eigenvalue weighted by Gasteiger charge is -2.25. The van der Waals surface area contributed by atoms with Gasteiger partial charge in [0.25, 0.3) is 0 Å². The number of hydrogen-bond acceptors (Lipinski definition) is 6. The Morgan fingerprint density at radius 2 is 1.92 bits per heavy atom. The van der Waals surface area contributed by atoms with Crippen LogP contribution in [0.1, 0.15) is 50.5 Å². The number of amides is 2. The summed E-state index contributed by atoms with van der Waals surface area (Å²) in [4.78, 5) is 27.5. The minimum absolute atomic E-state index is 0.127. The highest BCUT2D eigenvalue weighted by Crippen LogP contribution is 2.36. The van der Waals surface area contributed by atoms with Crippen LogP contribution in [0.2, 0.25) is 0 Å². The van der Waals surface area contributed by atoms with E-state index in [1.807, 2.05) is 39.0 Å². The zero-order chi connectivity index (χ0) is 27.7. The van der Waals surface area contributed by atoms with Gasteiger partial charge in [-0.2, -0.15) is 0 Å². The fraction of sp³-hybridized carbons (Fsp3) is 0.414. The van der Waals surface area contributed by atoms with E-state index in [0.29, 0.717) is 18.1 Å². The smallest absolute Gasteiger partial charge is 0.247 e. The van der Waals surface area contributed by atoms with Crippen molar-refractivity contribution in [1.82, 2.24) is 5.16 Å². The van der Waals surface area contributed by atoms with Crippen molar-refractivity contribution in [1.29, 1.82) is 0 Å². The molecule has 10 heteroatoms. The molecule has 0 bridgehead atoms. The largest absolute Gasteiger partial charge is 0.381 e. The first-order valence-electron chi connectivity index (χ1n) is 13.3. The maximum atomic E-state index is 14.0. The Hall–Kier alpha value is -3.79. The van der Waals surface area contributed by atoms with E-state index >= 15 is 0 Å². The van der Waals surface area contributed by atoms with Crippen molar-refractivity contribution in [2.75, 3.05) is 22.1 Å². The Morgan fingerprint density at radius 1 is 1.10 bits per heavy atom. The van der Waals surface area contributed by atoms with Gasteiger partial charge in [0, 0.05) is 36.4 Å². The van der Waals surface area contributed by atoms with Gasteiger partial charge in [-0.3, -0.25) is 14.5 Å². The van der Waals surface area contributed by atoms with Crippen molar-refractivity contribution in [3.8, 4) is 11.1 Å². The lowest BCUT2D eigenvalue weighted by Crippen LogP contribution is -2.42. The van der Waals surface area contributed by atoms with E-state index in [4.69, 9.17) is 9.26 Å². The Labute approximate surface area is 225 Å². The van der Waals surface area contributed by atoms with E-state index in [1.54, 1.807) is 0 Å². The summed E-state index contributed by atoms with van der Waals surface area (Å²) in [6.07, 6.45) is 3.33. The van der Waals surface area contributed by atoms with Gasteiger partial charge >= 0.3 is 0 Å². The second-order valence-corrected chi connectivity index (χ2v) is 10.1. The number of ether oxygens (including phenoxy) is 1. The summed E-state index contributed by atoms with van der Waals surface area (Å²) in [7, 11) is 0. The molecule has 2 aromatic carbocycles. The van der Waals surface area contributed by atoms with Crippen molar-refractivity contribution in [2.24, 2.45) is 0 Å². The van der Waals surface area contributed by atoms with Gasteiger partial charge < -0.3 is 19.9 Å². The minimum Gasteiger partial charge on any atom is -0.381 e. The van der Waals surface area contributed by atoms with E-state index < -0.39 is 23.6 Å². The first-order chi connectivity index (χ1) is 18.7. The molecule has 1 aromatic heterocycles. The summed E-state index contributed by atoms with van der Waals surface area (Å²) in [5, 5.41) is 10.6. The molecule has 8 nitrogen and oxygen atoms in total. The SMILES string of the molecule is CCO[C@@H]1CC[C@@H](Nc2ccc(-c3c(C)noc3C)cc2NC(=O)[C@@H]2CCC(=O)N2c2ccc(F)c(F)c2)C1. The number of nitrogens with zero attached hydrogens (tertiary/aromatic N) is 2. The van der Waals surface area contributed by atoms with Crippen LogP contribution in [-0.4, -0.2) is 41.8 Å². The maximum absolute atomic E-state index is 14.0. The topological polar surface area (TPSA) is 96.7 Å². The Kier molecular flexibility index (Phi) is 7.65. The van der Waals surface area contributed by atoms with Gasteiger partial charge in [0.1, 0.15) is 11.8 Å². The summed E-state index contributed by atoms with van der Waals surface area (Å²) >= 11 is 0. The highest BCUT2D eigenvalue weighted by molar-refractivity contribution is 6.08. The fourth-order valence-corrected chi connectivity index (χ4v) is 5.61. The fourth-order valence-electron chi connectivity index (χ4n) is 5.61. The zero-order valence-electron chi connectivity index (χ0n) is 22.2. The summed E-state index contributed by atoms with van der Waals surface area (Å²) in [6.45, 7) is 6.33. The molecule has 5 rings (SSSR count). The lowest BCUT2D eigenvalue weighted by molar-refractivity contribution is -0.120. The third kappa shape index (κ3) is 5.52. The highest BCUT2D eigenvalue weighted by atomic mass is 19.2. The Balaban J connectivity index is 1.44. The number of benzene rings is 2. The molecule has 2 amide bonds. The molecule has 2 heterocycles. The van der Waals surface area contributed by atoms with Crippen LogP contribution in [0.3, 0.4) is 0 Å². The van der Waals surface area contributed by atoms with Crippen LogP contribution < -0.4 is 15.5 Å². The predicted molar refractivity (Wildman–Crippen MR) is 144 cm³/mol. The van der Waals surface area contributed by atoms with Crippen LogP contribution in [0, 0.1) is 25.5 Å². The number of aromatic nitrogens is 1. The monoisotopic (exact) mass is 538 g/mol. The molecule has 39 heavy (non-hydrogen) atoms. The average Bonchev–Trinajstić information content (AvgIpc) is 3.61. The van der Waals surface area contributed by atoms with Gasteiger partial charge in [0.05, 0.1) is 23.2 Å². The van der Waals surface area contributed by atoms with Crippen LogP contribution in [0.15, 0.2) is 40.9 Å². The van der Waals surface area contributed by atoms with Crippen LogP contribution in [-0.2, 0) is 14.3 Å². The van der Waals surface area contributed by atoms with E-state index in [-0.39, 0.29) is 36.6 Å². The van der Waals surface area contributed by atoms with Crippen molar-refractivity contribution < 1.29 is 27.6 Å². The van der Waals surface area contributed by atoms with E-state index in [9.17, 15) is 18.4 Å². The van der Waals surface area contributed by atoms with Crippen molar-refractivity contribution in [3.63, 3.8) is 0 Å². The molecule has 0 spiro atoms. The third-order valence-electron chi connectivity index (χ3n) is 7.44. The van der Waals surface area contributed by atoms with Crippen molar-refractivity contribution in [2.45, 2.75) is 71.1 Å². The number of hydrogen-bond donors (Lipinski definition) is 2. The van der Waals surface area contributed by atoms with Gasteiger partial charge in [-0.05, 0) is 76.3 Å². The van der Waals surface area contributed by atoms with Crippen LogP contribution in [0.5, 0.6) is 0 Å². The van der Waals surface area contributed by atoms with Crippen molar-refractivity contribution in [3.05, 3.63) is 59.5 Å². The first-order valence-corrected chi connectivity index (χ1v) is 13.3. The summed E-state index contributed by atoms with van der Waals surface area (Å²) in [6, 6.07) is 8.24. The lowest BCUT2D eigenvalue weighted by atomic mass is 10.0. The van der Waals surface area contributed by atoms with Crippen LogP contribution in [0.25, 0.3) is 11.1 Å². The summed E-state index contributed by atoms with van der Waals surface area (Å²) in [5.41, 5.74) is 3.82. The Morgan fingerprint density at radius 3 is 2.64 bits per heavy atom. The molecule has 0 unspecified atom stereocenters. The number of halogens is 2. The van der Waals surface area contributed by atoms with Crippen LogP contribution in [0.4, 0.5) is 25.8 Å². The number of carbonyl (C=O) groups is 2. The third-order valence-corrected chi connectivity index (χ3v) is 7.44. The molecule has 1 aliphatic carbocycles. The molecule has 1 aliphatic heterocycles. The molecule has 1 saturated heterocycles. The van der Waals surface area contributed by atoms with E-state index in [1.165, 1.54) is 11.0 Å². The molecular formula is C29H32F2N4O4. The van der Waals surface area contributed by atoms with E-state index in [0.717, 1.165) is 53.9 Å². The molecule has 2 aliphatic rings. The average molecular weight is 539 g/mol. The molecule has 2 fully saturated rings. The van der Waals surface area contributed by atoms with Crippen molar-refractivity contribution >= 4 is 28.9 Å². The summed E-state index contributed by atoms with van der Waals surface area (Å²) < 4.78 is 38.6. The number of aryl methyl sites for hydroxylation is 2. The molecule has 0 radical (unpaired) electrons. The standard InChI is InChI=1S/C29H32F2N4O4/c1-4-38-21-8-6-19(14-21)32-24-10-5-18(28-16(2)34-39-17(28)3)13-25(24)33-29(37)26-11-12-27(36)35(26)20-7-9-22(30)23(31)15-20/h5,7,9-10,13,15,19,21,26,32H,4,6,8,11-12,14H2,1-3H3,(H,33,37)/t19-,21-,26+/m1/s1.